The van der Waals surface area contributed by atoms with Gasteiger partial charge in [0.25, 0.3) is 11.6 Å². The number of carbonyl (C=O) groups is 1. The van der Waals surface area contributed by atoms with E-state index in [-0.39, 0.29) is 17.3 Å². The summed E-state index contributed by atoms with van der Waals surface area (Å²) in [6.07, 6.45) is 3.03. The molecule has 0 N–H and O–H groups in total. The molecule has 28 heavy (non-hydrogen) atoms. The summed E-state index contributed by atoms with van der Waals surface area (Å²) in [4.78, 5) is 24.7. The average molecular weight is 445 g/mol. The summed E-state index contributed by atoms with van der Waals surface area (Å²) < 4.78 is 16.6. The highest BCUT2D eigenvalue weighted by Gasteiger charge is 2.28. The van der Waals surface area contributed by atoms with Gasteiger partial charge in [-0.3, -0.25) is 14.9 Å². The van der Waals surface area contributed by atoms with Gasteiger partial charge in [-0.1, -0.05) is 15.9 Å². The van der Waals surface area contributed by atoms with Crippen molar-refractivity contribution in [1.29, 1.82) is 0 Å². The molecule has 0 radical (unpaired) electrons. The summed E-state index contributed by atoms with van der Waals surface area (Å²) in [7, 11) is 0. The SMILES string of the molecule is O=C(c1ccn(-c2ccc([N+](=O)[O-])cc2)n1)N1CCCc2cc(Br)cc(F)c21. The Hall–Kier alpha value is -3.07. The van der Waals surface area contributed by atoms with Crippen molar-refractivity contribution in [3.05, 3.63) is 80.3 Å². The number of aromatic nitrogens is 2. The molecule has 1 aromatic heterocycles. The number of benzene rings is 2. The van der Waals surface area contributed by atoms with Crippen LogP contribution in [-0.2, 0) is 6.42 Å². The van der Waals surface area contributed by atoms with Crippen LogP contribution in [0.5, 0.6) is 0 Å². The van der Waals surface area contributed by atoms with E-state index in [1.165, 1.54) is 27.8 Å². The van der Waals surface area contributed by atoms with Crippen LogP contribution in [0.2, 0.25) is 0 Å². The Morgan fingerprint density at radius 2 is 1.96 bits per heavy atom. The van der Waals surface area contributed by atoms with Crippen molar-refractivity contribution < 1.29 is 14.1 Å². The lowest BCUT2D eigenvalue weighted by molar-refractivity contribution is -0.384. The van der Waals surface area contributed by atoms with Gasteiger partial charge in [0.05, 0.1) is 16.3 Å². The number of hydrogen-bond donors (Lipinski definition) is 0. The molecule has 2 heterocycles. The lowest BCUT2D eigenvalue weighted by atomic mass is 10.0. The second kappa shape index (κ2) is 7.16. The van der Waals surface area contributed by atoms with Crippen molar-refractivity contribution in [1.82, 2.24) is 9.78 Å². The Morgan fingerprint density at radius 3 is 2.68 bits per heavy atom. The highest BCUT2D eigenvalue weighted by molar-refractivity contribution is 9.10. The minimum atomic E-state index is -0.484. The molecule has 0 atom stereocenters. The average Bonchev–Trinajstić information content (AvgIpc) is 3.17. The van der Waals surface area contributed by atoms with Crippen LogP contribution in [0.1, 0.15) is 22.5 Å². The number of fused-ring (bicyclic) bond motifs is 1. The standard InChI is InChI=1S/C19H14BrFN4O3/c20-13-10-12-2-1-8-23(18(12)16(21)11-13)19(26)17-7-9-24(22-17)14-3-5-15(6-4-14)25(27)28/h3-7,9-11H,1-2,8H2. The zero-order valence-corrected chi connectivity index (χ0v) is 16.1. The number of hydrogen-bond acceptors (Lipinski definition) is 4. The molecule has 0 saturated carbocycles. The molecule has 0 fully saturated rings. The summed E-state index contributed by atoms with van der Waals surface area (Å²) in [6, 6.07) is 10.6. The quantitative estimate of drug-likeness (QED) is 0.446. The first-order valence-corrected chi connectivity index (χ1v) is 9.33. The van der Waals surface area contributed by atoms with Crippen LogP contribution in [0.25, 0.3) is 5.69 Å². The molecule has 0 spiro atoms. The Kier molecular flexibility index (Phi) is 4.68. The van der Waals surface area contributed by atoms with Crippen molar-refractivity contribution in [2.45, 2.75) is 12.8 Å². The van der Waals surface area contributed by atoms with Gasteiger partial charge >= 0.3 is 0 Å². The molecule has 142 valence electrons. The highest BCUT2D eigenvalue weighted by atomic mass is 79.9. The number of nitrogens with zero attached hydrogens (tertiary/aromatic N) is 4. The third kappa shape index (κ3) is 3.29. The summed E-state index contributed by atoms with van der Waals surface area (Å²) in [5, 5.41) is 15.0. The molecule has 0 bridgehead atoms. The molecule has 0 aliphatic carbocycles. The molecule has 0 saturated heterocycles. The first kappa shape index (κ1) is 18.3. The van der Waals surface area contributed by atoms with Crippen molar-refractivity contribution >= 4 is 33.2 Å². The van der Waals surface area contributed by atoms with Gasteiger partial charge in [-0.15, -0.1) is 0 Å². The van der Waals surface area contributed by atoms with E-state index in [0.717, 1.165) is 12.0 Å². The van der Waals surface area contributed by atoms with Gasteiger partial charge in [0.1, 0.15) is 5.82 Å². The molecule has 2 aromatic carbocycles. The van der Waals surface area contributed by atoms with Crippen molar-refractivity contribution in [2.75, 3.05) is 11.4 Å². The number of halogens is 2. The second-order valence-electron chi connectivity index (χ2n) is 6.37. The van der Waals surface area contributed by atoms with E-state index in [1.807, 2.05) is 6.07 Å². The van der Waals surface area contributed by atoms with Crippen LogP contribution >= 0.6 is 15.9 Å². The molecule has 1 aliphatic heterocycles. The molecule has 1 amide bonds. The normalized spacial score (nSPS) is 13.3. The fraction of sp³-hybridized carbons (Fsp3) is 0.158. The van der Waals surface area contributed by atoms with Gasteiger partial charge in [-0.05, 0) is 48.7 Å². The van der Waals surface area contributed by atoms with E-state index >= 15 is 0 Å². The molecule has 4 rings (SSSR count). The lowest BCUT2D eigenvalue weighted by Crippen LogP contribution is -2.36. The highest BCUT2D eigenvalue weighted by Crippen LogP contribution is 2.33. The predicted octanol–water partition coefficient (Wildman–Crippen LogP) is 4.28. The fourth-order valence-electron chi connectivity index (χ4n) is 3.30. The number of nitro benzene ring substituents is 1. The van der Waals surface area contributed by atoms with Gasteiger partial charge in [-0.2, -0.15) is 5.10 Å². The number of aryl methyl sites for hydroxylation is 1. The van der Waals surface area contributed by atoms with Gasteiger partial charge < -0.3 is 4.90 Å². The number of amides is 1. The van der Waals surface area contributed by atoms with Gasteiger partial charge in [0.15, 0.2) is 5.69 Å². The monoisotopic (exact) mass is 444 g/mol. The maximum atomic E-state index is 14.5. The van der Waals surface area contributed by atoms with Crippen molar-refractivity contribution in [2.24, 2.45) is 0 Å². The molecular weight excluding hydrogens is 431 g/mol. The van der Waals surface area contributed by atoms with E-state index in [9.17, 15) is 19.3 Å². The smallest absolute Gasteiger partial charge is 0.278 e. The largest absolute Gasteiger partial charge is 0.304 e. The van der Waals surface area contributed by atoms with E-state index < -0.39 is 10.7 Å². The number of anilines is 1. The maximum Gasteiger partial charge on any atom is 0.278 e. The first-order chi connectivity index (χ1) is 13.4. The van der Waals surface area contributed by atoms with Crippen LogP contribution in [-0.4, -0.2) is 27.2 Å². The van der Waals surface area contributed by atoms with E-state index in [4.69, 9.17) is 0 Å². The van der Waals surface area contributed by atoms with Gasteiger partial charge in [0.2, 0.25) is 0 Å². The lowest BCUT2D eigenvalue weighted by Gasteiger charge is -2.29. The molecule has 0 unspecified atom stereocenters. The van der Waals surface area contributed by atoms with Crippen molar-refractivity contribution in [3.63, 3.8) is 0 Å². The number of rotatable bonds is 3. The number of nitro groups is 1. The molecule has 9 heteroatoms. The summed E-state index contributed by atoms with van der Waals surface area (Å²) in [5.41, 5.74) is 1.80. The summed E-state index contributed by atoms with van der Waals surface area (Å²) in [6.45, 7) is 0.411. The van der Waals surface area contributed by atoms with Crippen molar-refractivity contribution in [3.8, 4) is 5.69 Å². The van der Waals surface area contributed by atoms with Crippen LogP contribution in [0.4, 0.5) is 15.8 Å². The molecule has 7 nitrogen and oxygen atoms in total. The Morgan fingerprint density at radius 1 is 1.21 bits per heavy atom. The summed E-state index contributed by atoms with van der Waals surface area (Å²) >= 11 is 3.29. The number of carbonyl (C=O) groups excluding carboxylic acids is 1. The topological polar surface area (TPSA) is 81.3 Å². The molecule has 1 aliphatic rings. The Balaban J connectivity index is 1.63. The van der Waals surface area contributed by atoms with E-state index in [2.05, 4.69) is 21.0 Å². The van der Waals surface area contributed by atoms with Gasteiger partial charge in [0, 0.05) is 29.3 Å². The van der Waals surface area contributed by atoms with Crippen LogP contribution in [0.15, 0.2) is 53.1 Å². The summed E-state index contributed by atoms with van der Waals surface area (Å²) in [5.74, 6) is -0.838. The molecular formula is C19H14BrFN4O3. The maximum absolute atomic E-state index is 14.5. The minimum absolute atomic E-state index is 0.0289. The van der Waals surface area contributed by atoms with Crippen LogP contribution in [0, 0.1) is 15.9 Å². The molecule has 3 aromatic rings. The van der Waals surface area contributed by atoms with Gasteiger partial charge in [-0.25, -0.2) is 9.07 Å². The zero-order chi connectivity index (χ0) is 19.8. The predicted molar refractivity (Wildman–Crippen MR) is 104 cm³/mol. The Labute approximate surface area is 167 Å². The van der Waals surface area contributed by atoms with E-state index in [0.29, 0.717) is 28.8 Å². The van der Waals surface area contributed by atoms with Crippen LogP contribution < -0.4 is 4.90 Å². The van der Waals surface area contributed by atoms with E-state index in [1.54, 1.807) is 24.4 Å². The third-order valence-electron chi connectivity index (χ3n) is 4.58. The van der Waals surface area contributed by atoms with Crippen LogP contribution in [0.3, 0.4) is 0 Å². The fourth-order valence-corrected chi connectivity index (χ4v) is 3.78. The minimum Gasteiger partial charge on any atom is -0.304 e. The second-order valence-corrected chi connectivity index (χ2v) is 7.29. The number of non-ortho nitro benzene ring substituents is 1. The zero-order valence-electron chi connectivity index (χ0n) is 14.5. The Bertz CT molecular complexity index is 1080. The third-order valence-corrected chi connectivity index (χ3v) is 5.04. The first-order valence-electron chi connectivity index (χ1n) is 8.54.